The van der Waals surface area contributed by atoms with Crippen LogP contribution in [0.2, 0.25) is 0 Å². The number of anilines is 1. The first-order valence-corrected chi connectivity index (χ1v) is 13.1. The lowest BCUT2D eigenvalue weighted by Crippen LogP contribution is -2.49. The van der Waals surface area contributed by atoms with Crippen molar-refractivity contribution in [2.45, 2.75) is 51.5 Å². The average molecular weight is 471 g/mol. The summed E-state index contributed by atoms with van der Waals surface area (Å²) in [5.74, 6) is 1.74. The van der Waals surface area contributed by atoms with Gasteiger partial charge in [0.15, 0.2) is 0 Å². The number of aromatic hydroxyl groups is 1. The molecule has 0 aromatic heterocycles. The number of benzene rings is 3. The van der Waals surface area contributed by atoms with Crippen LogP contribution in [0.4, 0.5) is 5.69 Å². The van der Waals surface area contributed by atoms with Gasteiger partial charge in [-0.25, -0.2) is 0 Å². The smallest absolute Gasteiger partial charge is 0.119 e. The van der Waals surface area contributed by atoms with Crippen molar-refractivity contribution in [2.75, 3.05) is 37.7 Å². The van der Waals surface area contributed by atoms with Crippen molar-refractivity contribution in [1.29, 1.82) is 0 Å². The molecule has 3 aromatic rings. The van der Waals surface area contributed by atoms with Crippen LogP contribution in [0.25, 0.3) is 0 Å². The van der Waals surface area contributed by atoms with Gasteiger partial charge in [-0.15, -0.1) is 0 Å². The minimum Gasteiger partial charge on any atom is -0.508 e. The Hall–Kier alpha value is -2.98. The second-order valence-corrected chi connectivity index (χ2v) is 10.5. The van der Waals surface area contributed by atoms with E-state index in [2.05, 4.69) is 85.2 Å². The summed E-state index contributed by atoms with van der Waals surface area (Å²) in [5.41, 5.74) is 5.93. The molecule has 5 rings (SSSR count). The second-order valence-electron chi connectivity index (χ2n) is 10.5. The van der Waals surface area contributed by atoms with Crippen LogP contribution >= 0.6 is 0 Å². The van der Waals surface area contributed by atoms with Gasteiger partial charge in [-0.1, -0.05) is 44.2 Å². The van der Waals surface area contributed by atoms with Crippen molar-refractivity contribution in [3.8, 4) is 11.5 Å². The summed E-state index contributed by atoms with van der Waals surface area (Å²) in [6.45, 7) is 11.8. The van der Waals surface area contributed by atoms with Gasteiger partial charge in [0, 0.05) is 18.8 Å². The van der Waals surface area contributed by atoms with Crippen molar-refractivity contribution < 1.29 is 9.84 Å². The molecule has 0 aliphatic carbocycles. The number of phenolic OH excluding ortho intramolecular Hbond substituents is 1. The van der Waals surface area contributed by atoms with Crippen LogP contribution in [0.5, 0.6) is 11.5 Å². The van der Waals surface area contributed by atoms with E-state index in [0.29, 0.717) is 11.7 Å². The van der Waals surface area contributed by atoms with Crippen LogP contribution < -0.4 is 9.64 Å². The van der Waals surface area contributed by atoms with Crippen LogP contribution in [0, 0.1) is 0 Å². The van der Waals surface area contributed by atoms with Crippen molar-refractivity contribution in [2.24, 2.45) is 0 Å². The number of ether oxygens (including phenoxy) is 1. The summed E-state index contributed by atoms with van der Waals surface area (Å²) in [7, 11) is 0. The largest absolute Gasteiger partial charge is 0.508 e. The lowest BCUT2D eigenvalue weighted by molar-refractivity contribution is 0.237. The predicted molar refractivity (Wildman–Crippen MR) is 144 cm³/mol. The van der Waals surface area contributed by atoms with E-state index in [9.17, 15) is 5.11 Å². The number of hydrogen-bond donors (Lipinski definition) is 1. The van der Waals surface area contributed by atoms with Crippen LogP contribution in [-0.4, -0.2) is 42.8 Å². The maximum Gasteiger partial charge on any atom is 0.119 e. The SMILES string of the molecule is CC(C)c1cccc(N2CCc3cc(O)ccc3C2(C)c2ccc(OCCN3CCCC3)cc2)c1. The molecule has 35 heavy (non-hydrogen) atoms. The molecule has 1 N–H and O–H groups in total. The highest BCUT2D eigenvalue weighted by Gasteiger charge is 2.40. The number of nitrogens with zero attached hydrogens (tertiary/aromatic N) is 2. The topological polar surface area (TPSA) is 35.9 Å². The van der Waals surface area contributed by atoms with Crippen LogP contribution in [0.1, 0.15) is 61.8 Å². The number of fused-ring (bicyclic) bond motifs is 1. The maximum atomic E-state index is 10.2. The van der Waals surface area contributed by atoms with Gasteiger partial charge in [-0.2, -0.15) is 0 Å². The highest BCUT2D eigenvalue weighted by atomic mass is 16.5. The van der Waals surface area contributed by atoms with Gasteiger partial charge in [-0.05, 0) is 104 Å². The zero-order valence-electron chi connectivity index (χ0n) is 21.3. The minimum atomic E-state index is -0.356. The van der Waals surface area contributed by atoms with Crippen molar-refractivity contribution in [1.82, 2.24) is 4.90 Å². The standard InChI is InChI=1S/C31H38N2O2/c1-23(2)24-7-6-8-27(21-24)33-18-15-25-22-28(34)11-14-30(25)31(33,3)26-9-12-29(13-10-26)35-20-19-32-16-4-5-17-32/h6-14,21-23,34H,4-5,15-20H2,1-3H3. The summed E-state index contributed by atoms with van der Waals surface area (Å²) < 4.78 is 6.09. The third-order valence-corrected chi connectivity index (χ3v) is 7.90. The van der Waals surface area contributed by atoms with Crippen LogP contribution in [0.15, 0.2) is 66.7 Å². The van der Waals surface area contributed by atoms with Gasteiger partial charge in [0.05, 0.1) is 5.54 Å². The van der Waals surface area contributed by atoms with Gasteiger partial charge in [0.2, 0.25) is 0 Å². The first-order chi connectivity index (χ1) is 16.9. The monoisotopic (exact) mass is 470 g/mol. The third-order valence-electron chi connectivity index (χ3n) is 7.90. The molecular formula is C31H38N2O2. The quantitative estimate of drug-likeness (QED) is 0.439. The summed E-state index contributed by atoms with van der Waals surface area (Å²) in [5, 5.41) is 10.2. The molecular weight excluding hydrogens is 432 g/mol. The minimum absolute atomic E-state index is 0.336. The zero-order valence-corrected chi connectivity index (χ0v) is 21.3. The molecule has 2 aliphatic heterocycles. The molecule has 1 fully saturated rings. The Kier molecular flexibility index (Phi) is 6.75. The highest BCUT2D eigenvalue weighted by Crippen LogP contribution is 2.45. The normalized spacial score (nSPS) is 20.3. The Balaban J connectivity index is 1.47. The fraction of sp³-hybridized carbons (Fsp3) is 0.419. The lowest BCUT2D eigenvalue weighted by Gasteiger charge is -2.48. The summed E-state index contributed by atoms with van der Waals surface area (Å²) in [4.78, 5) is 5.01. The molecule has 1 unspecified atom stereocenters. The average Bonchev–Trinajstić information content (AvgIpc) is 3.38. The fourth-order valence-corrected chi connectivity index (χ4v) is 5.79. The molecule has 0 bridgehead atoms. The summed E-state index contributed by atoms with van der Waals surface area (Å²) >= 11 is 0. The van der Waals surface area contributed by atoms with Crippen LogP contribution in [0.3, 0.4) is 0 Å². The number of hydrogen-bond acceptors (Lipinski definition) is 4. The molecule has 4 nitrogen and oxygen atoms in total. The van der Waals surface area contributed by atoms with E-state index >= 15 is 0 Å². The molecule has 0 saturated carbocycles. The molecule has 0 amide bonds. The Morgan fingerprint density at radius 1 is 0.943 bits per heavy atom. The Morgan fingerprint density at radius 2 is 1.71 bits per heavy atom. The van der Waals surface area contributed by atoms with E-state index in [4.69, 9.17) is 4.74 Å². The van der Waals surface area contributed by atoms with Gasteiger partial charge in [0.25, 0.3) is 0 Å². The maximum absolute atomic E-state index is 10.2. The molecule has 184 valence electrons. The Morgan fingerprint density at radius 3 is 2.46 bits per heavy atom. The fourth-order valence-electron chi connectivity index (χ4n) is 5.79. The molecule has 3 aromatic carbocycles. The van der Waals surface area contributed by atoms with Crippen molar-refractivity contribution >= 4 is 5.69 Å². The van der Waals surface area contributed by atoms with E-state index < -0.39 is 0 Å². The number of rotatable bonds is 7. The zero-order chi connectivity index (χ0) is 24.4. The van der Waals surface area contributed by atoms with Gasteiger partial charge < -0.3 is 14.7 Å². The van der Waals surface area contributed by atoms with E-state index in [0.717, 1.165) is 31.9 Å². The number of phenols is 1. The van der Waals surface area contributed by atoms with Crippen LogP contribution in [-0.2, 0) is 12.0 Å². The molecule has 2 heterocycles. The van der Waals surface area contributed by atoms with E-state index in [1.165, 1.54) is 53.9 Å². The second kappa shape index (κ2) is 9.94. The molecule has 4 heteroatoms. The lowest BCUT2D eigenvalue weighted by atomic mass is 9.76. The molecule has 0 radical (unpaired) electrons. The number of likely N-dealkylation sites (tertiary alicyclic amines) is 1. The van der Waals surface area contributed by atoms with E-state index in [1.54, 1.807) is 0 Å². The third kappa shape index (κ3) is 4.77. The van der Waals surface area contributed by atoms with Crippen molar-refractivity contribution in [3.05, 3.63) is 89.0 Å². The molecule has 1 atom stereocenters. The first-order valence-electron chi connectivity index (χ1n) is 13.1. The van der Waals surface area contributed by atoms with Gasteiger partial charge >= 0.3 is 0 Å². The Labute approximate surface area is 210 Å². The molecule has 2 aliphatic rings. The van der Waals surface area contributed by atoms with Crippen molar-refractivity contribution in [3.63, 3.8) is 0 Å². The van der Waals surface area contributed by atoms with Gasteiger partial charge in [0.1, 0.15) is 18.1 Å². The summed E-state index contributed by atoms with van der Waals surface area (Å²) in [6, 6.07) is 23.5. The Bertz CT molecular complexity index is 1150. The molecule has 1 saturated heterocycles. The van der Waals surface area contributed by atoms with Gasteiger partial charge in [-0.3, -0.25) is 4.90 Å². The van der Waals surface area contributed by atoms with E-state index in [-0.39, 0.29) is 5.54 Å². The first kappa shape index (κ1) is 23.7. The van der Waals surface area contributed by atoms with E-state index in [1.807, 2.05) is 12.1 Å². The predicted octanol–water partition coefficient (Wildman–Crippen LogP) is 6.32. The molecule has 0 spiro atoms. The summed E-state index contributed by atoms with van der Waals surface area (Å²) in [6.07, 6.45) is 3.52. The highest BCUT2D eigenvalue weighted by molar-refractivity contribution is 5.61.